The highest BCUT2D eigenvalue weighted by molar-refractivity contribution is 7.23. The van der Waals surface area contributed by atoms with Gasteiger partial charge in [-0.15, -0.1) is 0 Å². The molecule has 6 nitrogen and oxygen atoms in total. The molecule has 160 valence electrons. The Bertz CT molecular complexity index is 1000. The highest BCUT2D eigenvalue weighted by Crippen LogP contribution is 2.38. The predicted molar refractivity (Wildman–Crippen MR) is 123 cm³/mol. The van der Waals surface area contributed by atoms with Crippen LogP contribution in [0.3, 0.4) is 0 Å². The van der Waals surface area contributed by atoms with Gasteiger partial charge in [-0.3, -0.25) is 9.69 Å². The van der Waals surface area contributed by atoms with Crippen molar-refractivity contribution >= 4 is 44.2 Å². The number of nitrogens with zero attached hydrogens (tertiary/aromatic N) is 3. The minimum Gasteiger partial charge on any atom is -0.494 e. The van der Waals surface area contributed by atoms with Crippen LogP contribution in [-0.4, -0.2) is 56.7 Å². The number of aromatic nitrogens is 1. The van der Waals surface area contributed by atoms with Crippen LogP contribution in [-0.2, 0) is 11.2 Å². The first-order chi connectivity index (χ1) is 14.4. The number of hydrogen-bond acceptors (Lipinski definition) is 6. The van der Waals surface area contributed by atoms with Crippen LogP contribution in [0.4, 0.5) is 5.13 Å². The molecule has 0 aliphatic rings. The third-order valence-corrected chi connectivity index (χ3v) is 6.10. The molecule has 0 saturated heterocycles. The van der Waals surface area contributed by atoms with E-state index in [1.807, 2.05) is 50.2 Å². The summed E-state index contributed by atoms with van der Waals surface area (Å²) in [5.74, 6) is 1.42. The topological polar surface area (TPSA) is 54.9 Å². The molecule has 0 unspecified atom stereocenters. The third-order valence-electron chi connectivity index (χ3n) is 4.56. The first-order valence-corrected chi connectivity index (χ1v) is 10.9. The van der Waals surface area contributed by atoms with Crippen LogP contribution in [0.15, 0.2) is 36.4 Å². The van der Waals surface area contributed by atoms with Crippen molar-refractivity contribution in [3.05, 3.63) is 47.0 Å². The zero-order valence-electron chi connectivity index (χ0n) is 17.6. The van der Waals surface area contributed by atoms with Gasteiger partial charge < -0.3 is 14.4 Å². The highest BCUT2D eigenvalue weighted by atomic mass is 35.5. The zero-order chi connectivity index (χ0) is 21.7. The molecule has 0 radical (unpaired) electrons. The normalized spacial score (nSPS) is 11.1. The number of fused-ring (bicyclic) bond motifs is 1. The number of amides is 1. The van der Waals surface area contributed by atoms with E-state index in [-0.39, 0.29) is 12.3 Å². The monoisotopic (exact) mass is 447 g/mol. The maximum absolute atomic E-state index is 13.2. The molecule has 3 rings (SSSR count). The number of benzene rings is 2. The van der Waals surface area contributed by atoms with Gasteiger partial charge in [0, 0.05) is 13.1 Å². The van der Waals surface area contributed by atoms with Gasteiger partial charge in [0.2, 0.25) is 5.91 Å². The Morgan fingerprint density at radius 3 is 2.50 bits per heavy atom. The molecule has 1 amide bonds. The number of anilines is 1. The Kier molecular flexibility index (Phi) is 7.53. The highest BCUT2D eigenvalue weighted by Gasteiger charge is 2.22. The molecule has 0 N–H and O–H groups in total. The Balaban J connectivity index is 1.89. The third kappa shape index (κ3) is 5.22. The number of carbonyl (C=O) groups excluding carboxylic acids is 1. The molecular weight excluding hydrogens is 422 g/mol. The van der Waals surface area contributed by atoms with Crippen LogP contribution < -0.4 is 14.4 Å². The van der Waals surface area contributed by atoms with Crippen molar-refractivity contribution in [2.45, 2.75) is 13.3 Å². The van der Waals surface area contributed by atoms with Gasteiger partial charge in [0.05, 0.1) is 29.9 Å². The molecule has 0 aliphatic carbocycles. The van der Waals surface area contributed by atoms with Gasteiger partial charge in [-0.2, -0.15) is 0 Å². The summed E-state index contributed by atoms with van der Waals surface area (Å²) in [6.07, 6.45) is 0.278. The zero-order valence-corrected chi connectivity index (χ0v) is 19.2. The molecule has 0 aliphatic heterocycles. The Hall–Kier alpha value is -2.35. The standard InChI is InChI=1S/C22H26ClN3O3S/c1-5-29-16-8-6-15(7-9-16)14-19(27)26(13-12-25(2)3)22-24-20-18(28-4)11-10-17(23)21(20)30-22/h6-11H,5,12-14H2,1-4H3. The van der Waals surface area contributed by atoms with E-state index < -0.39 is 0 Å². The van der Waals surface area contributed by atoms with Gasteiger partial charge in [-0.25, -0.2) is 4.98 Å². The number of halogens is 1. The molecular formula is C22H26ClN3O3S. The van der Waals surface area contributed by atoms with E-state index in [1.54, 1.807) is 24.1 Å². The molecule has 2 aromatic carbocycles. The summed E-state index contributed by atoms with van der Waals surface area (Å²) >= 11 is 7.78. The van der Waals surface area contributed by atoms with Crippen molar-refractivity contribution in [1.82, 2.24) is 9.88 Å². The van der Waals surface area contributed by atoms with Gasteiger partial charge in [-0.05, 0) is 50.8 Å². The lowest BCUT2D eigenvalue weighted by Gasteiger charge is -2.22. The van der Waals surface area contributed by atoms with E-state index in [2.05, 4.69) is 0 Å². The molecule has 0 fully saturated rings. The predicted octanol–water partition coefficient (Wildman–Crippen LogP) is 4.49. The van der Waals surface area contributed by atoms with Gasteiger partial charge in [0.1, 0.15) is 17.0 Å². The van der Waals surface area contributed by atoms with Crippen LogP contribution in [0.2, 0.25) is 5.02 Å². The molecule has 0 atom stereocenters. The van der Waals surface area contributed by atoms with E-state index >= 15 is 0 Å². The van der Waals surface area contributed by atoms with Crippen molar-refractivity contribution in [1.29, 1.82) is 0 Å². The molecule has 0 saturated carbocycles. The van der Waals surface area contributed by atoms with Crippen molar-refractivity contribution in [2.75, 3.05) is 45.8 Å². The summed E-state index contributed by atoms with van der Waals surface area (Å²) < 4.78 is 11.7. The minimum absolute atomic E-state index is 0.0184. The Morgan fingerprint density at radius 1 is 1.13 bits per heavy atom. The fraction of sp³-hybridized carbons (Fsp3) is 0.364. The minimum atomic E-state index is -0.0184. The van der Waals surface area contributed by atoms with Crippen molar-refractivity contribution in [3.8, 4) is 11.5 Å². The van der Waals surface area contributed by atoms with Crippen molar-refractivity contribution in [2.24, 2.45) is 0 Å². The molecule has 30 heavy (non-hydrogen) atoms. The lowest BCUT2D eigenvalue weighted by molar-refractivity contribution is -0.118. The van der Waals surface area contributed by atoms with E-state index in [9.17, 15) is 4.79 Å². The molecule has 1 aromatic heterocycles. The Morgan fingerprint density at radius 2 is 1.87 bits per heavy atom. The summed E-state index contributed by atoms with van der Waals surface area (Å²) in [4.78, 5) is 21.7. The summed E-state index contributed by atoms with van der Waals surface area (Å²) in [7, 11) is 5.56. The summed E-state index contributed by atoms with van der Waals surface area (Å²) in [5, 5.41) is 1.22. The number of methoxy groups -OCH3 is 1. The smallest absolute Gasteiger partial charge is 0.233 e. The van der Waals surface area contributed by atoms with E-state index in [4.69, 9.17) is 26.1 Å². The number of thiazole rings is 1. The molecule has 8 heteroatoms. The second-order valence-electron chi connectivity index (χ2n) is 7.03. The lowest BCUT2D eigenvalue weighted by atomic mass is 10.1. The van der Waals surface area contributed by atoms with Gasteiger partial charge in [0.25, 0.3) is 0 Å². The molecule has 0 spiro atoms. The second-order valence-corrected chi connectivity index (χ2v) is 8.41. The van der Waals surface area contributed by atoms with Crippen LogP contribution in [0.5, 0.6) is 11.5 Å². The molecule has 0 bridgehead atoms. The average molecular weight is 448 g/mol. The molecule has 3 aromatic rings. The van der Waals surface area contributed by atoms with Gasteiger partial charge in [0.15, 0.2) is 5.13 Å². The maximum atomic E-state index is 13.2. The van der Waals surface area contributed by atoms with E-state index in [1.165, 1.54) is 11.3 Å². The van der Waals surface area contributed by atoms with E-state index in [0.717, 1.165) is 22.6 Å². The lowest BCUT2D eigenvalue weighted by Crippen LogP contribution is -2.37. The van der Waals surface area contributed by atoms with Gasteiger partial charge in [-0.1, -0.05) is 35.1 Å². The second kappa shape index (κ2) is 10.1. The summed E-state index contributed by atoms with van der Waals surface area (Å²) in [6, 6.07) is 11.2. The maximum Gasteiger partial charge on any atom is 0.233 e. The average Bonchev–Trinajstić information content (AvgIpc) is 3.16. The van der Waals surface area contributed by atoms with Crippen molar-refractivity contribution < 1.29 is 14.3 Å². The van der Waals surface area contributed by atoms with Crippen LogP contribution in [0, 0.1) is 0 Å². The number of rotatable bonds is 9. The van der Waals surface area contributed by atoms with Crippen LogP contribution in [0.1, 0.15) is 12.5 Å². The Labute approximate surface area is 186 Å². The number of hydrogen-bond donors (Lipinski definition) is 0. The summed E-state index contributed by atoms with van der Waals surface area (Å²) in [5.41, 5.74) is 1.60. The number of ether oxygens (including phenoxy) is 2. The summed E-state index contributed by atoms with van der Waals surface area (Å²) in [6.45, 7) is 3.80. The van der Waals surface area contributed by atoms with Crippen molar-refractivity contribution in [3.63, 3.8) is 0 Å². The largest absolute Gasteiger partial charge is 0.494 e. The first kappa shape index (κ1) is 22.3. The fourth-order valence-electron chi connectivity index (χ4n) is 2.99. The SMILES string of the molecule is CCOc1ccc(CC(=O)N(CCN(C)C)c2nc3c(OC)ccc(Cl)c3s2)cc1. The molecule has 1 heterocycles. The first-order valence-electron chi connectivity index (χ1n) is 9.72. The van der Waals surface area contributed by atoms with E-state index in [0.29, 0.717) is 34.6 Å². The van der Waals surface area contributed by atoms with Gasteiger partial charge >= 0.3 is 0 Å². The van der Waals surface area contributed by atoms with Crippen LogP contribution in [0.25, 0.3) is 10.2 Å². The number of carbonyl (C=O) groups is 1. The number of likely N-dealkylation sites (N-methyl/N-ethyl adjacent to an activating group) is 1. The van der Waals surface area contributed by atoms with Crippen LogP contribution >= 0.6 is 22.9 Å². The quantitative estimate of drug-likeness (QED) is 0.483. The fourth-order valence-corrected chi connectivity index (χ4v) is 4.29.